The Bertz CT molecular complexity index is 672. The molecular weight excluding hydrogens is 318 g/mol. The summed E-state index contributed by atoms with van der Waals surface area (Å²) in [6, 6.07) is 6.36. The Morgan fingerprint density at radius 2 is 2.16 bits per heavy atom. The predicted octanol–water partition coefficient (Wildman–Crippen LogP) is 1.55. The van der Waals surface area contributed by atoms with E-state index in [1.54, 1.807) is 6.07 Å². The molecule has 0 bridgehead atoms. The van der Waals surface area contributed by atoms with E-state index in [0.717, 1.165) is 30.4 Å². The van der Waals surface area contributed by atoms with Crippen molar-refractivity contribution in [3.63, 3.8) is 0 Å². The first-order chi connectivity index (χ1) is 12.2. The van der Waals surface area contributed by atoms with Crippen LogP contribution in [0.5, 0.6) is 5.75 Å². The number of anilines is 1. The Morgan fingerprint density at radius 1 is 1.28 bits per heavy atom. The molecule has 25 heavy (non-hydrogen) atoms. The summed E-state index contributed by atoms with van der Waals surface area (Å²) in [7, 11) is 0. The molecule has 2 amide bonds. The average Bonchev–Trinajstić information content (AvgIpc) is 3.36. The molecule has 1 aliphatic carbocycles. The Kier molecular flexibility index (Phi) is 4.61. The lowest BCUT2D eigenvalue weighted by Crippen LogP contribution is -2.34. The molecule has 1 aromatic rings. The van der Waals surface area contributed by atoms with Gasteiger partial charge in [0.15, 0.2) is 6.61 Å². The molecule has 3 aliphatic rings. The van der Waals surface area contributed by atoms with Gasteiger partial charge >= 0.3 is 0 Å². The lowest BCUT2D eigenvalue weighted by molar-refractivity contribution is -0.123. The van der Waals surface area contributed by atoms with E-state index >= 15 is 0 Å². The summed E-state index contributed by atoms with van der Waals surface area (Å²) in [5, 5.41) is 5.84. The number of benzene rings is 1. The number of nitrogens with one attached hydrogen (secondary N) is 2. The van der Waals surface area contributed by atoms with Crippen LogP contribution in [0.3, 0.4) is 0 Å². The van der Waals surface area contributed by atoms with Gasteiger partial charge in [0.1, 0.15) is 5.75 Å². The second-order valence-electron chi connectivity index (χ2n) is 7.34. The van der Waals surface area contributed by atoms with E-state index in [9.17, 15) is 9.59 Å². The van der Waals surface area contributed by atoms with Crippen LogP contribution in [-0.4, -0.2) is 49.0 Å². The fraction of sp³-hybridized carbons (Fsp3) is 0.579. The number of carbonyl (C=O) groups excluding carboxylic acids is 2. The van der Waals surface area contributed by atoms with Gasteiger partial charge in [-0.05, 0) is 61.9 Å². The van der Waals surface area contributed by atoms with E-state index in [1.807, 2.05) is 12.1 Å². The number of carbonyl (C=O) groups is 2. The van der Waals surface area contributed by atoms with Crippen molar-refractivity contribution in [3.05, 3.63) is 23.8 Å². The molecule has 1 saturated carbocycles. The highest BCUT2D eigenvalue weighted by Gasteiger charge is 2.34. The van der Waals surface area contributed by atoms with E-state index in [0.29, 0.717) is 24.5 Å². The molecule has 0 unspecified atom stereocenters. The minimum absolute atomic E-state index is 0.0319. The Labute approximate surface area is 147 Å². The molecule has 0 spiro atoms. The van der Waals surface area contributed by atoms with E-state index in [-0.39, 0.29) is 18.4 Å². The molecule has 0 aromatic heterocycles. The van der Waals surface area contributed by atoms with Crippen molar-refractivity contribution in [2.24, 2.45) is 5.92 Å². The molecule has 6 heteroatoms. The number of amides is 2. The summed E-state index contributed by atoms with van der Waals surface area (Å²) < 4.78 is 5.61. The Balaban J connectivity index is 1.20. The van der Waals surface area contributed by atoms with Gasteiger partial charge in [0.2, 0.25) is 5.91 Å². The van der Waals surface area contributed by atoms with E-state index in [4.69, 9.17) is 4.74 Å². The van der Waals surface area contributed by atoms with Gasteiger partial charge in [-0.2, -0.15) is 0 Å². The average molecular weight is 343 g/mol. The minimum Gasteiger partial charge on any atom is -0.484 e. The predicted molar refractivity (Wildman–Crippen MR) is 94.6 cm³/mol. The zero-order valence-corrected chi connectivity index (χ0v) is 14.4. The highest BCUT2D eigenvalue weighted by atomic mass is 16.5. The van der Waals surface area contributed by atoms with Crippen LogP contribution >= 0.6 is 0 Å². The maximum Gasteiger partial charge on any atom is 0.257 e. The Morgan fingerprint density at radius 3 is 3.00 bits per heavy atom. The summed E-state index contributed by atoms with van der Waals surface area (Å²) in [4.78, 5) is 25.9. The third kappa shape index (κ3) is 4.12. The van der Waals surface area contributed by atoms with Gasteiger partial charge in [-0.1, -0.05) is 0 Å². The van der Waals surface area contributed by atoms with Gasteiger partial charge in [0.05, 0.1) is 0 Å². The SMILES string of the molecule is O=C(COc1ccc2c(c1)CCC(=O)N2)NC[C@H]1CCN(C2CC2)C1. The summed E-state index contributed by atoms with van der Waals surface area (Å²) in [5.74, 6) is 1.21. The number of ether oxygens (including phenoxy) is 1. The van der Waals surface area contributed by atoms with Gasteiger partial charge < -0.3 is 20.3 Å². The van der Waals surface area contributed by atoms with Crippen molar-refractivity contribution in [3.8, 4) is 5.75 Å². The fourth-order valence-electron chi connectivity index (χ4n) is 3.71. The maximum atomic E-state index is 12.0. The summed E-state index contributed by atoms with van der Waals surface area (Å²) in [5.41, 5.74) is 1.90. The quantitative estimate of drug-likeness (QED) is 0.822. The molecule has 4 rings (SSSR count). The van der Waals surface area contributed by atoms with Gasteiger partial charge in [0, 0.05) is 31.2 Å². The molecular formula is C19H25N3O3. The molecule has 134 valence electrons. The van der Waals surface area contributed by atoms with Crippen LogP contribution in [0.1, 0.15) is 31.2 Å². The van der Waals surface area contributed by atoms with Crippen LogP contribution in [0.15, 0.2) is 18.2 Å². The highest BCUT2D eigenvalue weighted by Crippen LogP contribution is 2.31. The monoisotopic (exact) mass is 343 g/mol. The number of likely N-dealkylation sites (tertiary alicyclic amines) is 1. The van der Waals surface area contributed by atoms with Crippen molar-refractivity contribution >= 4 is 17.5 Å². The molecule has 2 fully saturated rings. The number of nitrogens with zero attached hydrogens (tertiary/aromatic N) is 1. The van der Waals surface area contributed by atoms with Gasteiger partial charge in [-0.15, -0.1) is 0 Å². The normalized spacial score (nSPS) is 23.0. The summed E-state index contributed by atoms with van der Waals surface area (Å²) >= 11 is 0. The second kappa shape index (κ2) is 7.04. The van der Waals surface area contributed by atoms with Crippen molar-refractivity contribution in [1.29, 1.82) is 0 Å². The third-order valence-corrected chi connectivity index (χ3v) is 5.31. The summed E-state index contributed by atoms with van der Waals surface area (Å²) in [6.45, 7) is 3.06. The first kappa shape index (κ1) is 16.4. The number of rotatable bonds is 6. The van der Waals surface area contributed by atoms with Crippen molar-refractivity contribution < 1.29 is 14.3 Å². The van der Waals surface area contributed by atoms with Gasteiger partial charge in [0.25, 0.3) is 5.91 Å². The minimum atomic E-state index is -0.0732. The fourth-order valence-corrected chi connectivity index (χ4v) is 3.71. The molecule has 1 atom stereocenters. The van der Waals surface area contributed by atoms with Crippen LogP contribution < -0.4 is 15.4 Å². The third-order valence-electron chi connectivity index (χ3n) is 5.31. The van der Waals surface area contributed by atoms with E-state index in [2.05, 4.69) is 15.5 Å². The number of fused-ring (bicyclic) bond motifs is 1. The first-order valence-corrected chi connectivity index (χ1v) is 9.24. The molecule has 1 aromatic carbocycles. The lowest BCUT2D eigenvalue weighted by atomic mass is 10.0. The number of aryl methyl sites for hydroxylation is 1. The topological polar surface area (TPSA) is 70.7 Å². The van der Waals surface area contributed by atoms with Crippen LogP contribution in [0.4, 0.5) is 5.69 Å². The lowest BCUT2D eigenvalue weighted by Gasteiger charge is -2.18. The molecule has 1 saturated heterocycles. The number of hydrogen-bond donors (Lipinski definition) is 2. The maximum absolute atomic E-state index is 12.0. The molecule has 6 nitrogen and oxygen atoms in total. The highest BCUT2D eigenvalue weighted by molar-refractivity contribution is 5.94. The first-order valence-electron chi connectivity index (χ1n) is 9.24. The molecule has 2 aliphatic heterocycles. The van der Waals surface area contributed by atoms with Gasteiger partial charge in [-0.3, -0.25) is 9.59 Å². The zero-order valence-electron chi connectivity index (χ0n) is 14.4. The zero-order chi connectivity index (χ0) is 17.2. The standard InChI is InChI=1S/C19H25N3O3/c23-18-6-1-14-9-16(4-5-17(14)21-18)25-12-19(24)20-10-13-7-8-22(11-13)15-2-3-15/h4-5,9,13,15H,1-3,6-8,10-12H2,(H,20,24)(H,21,23)/t13-/m1/s1. The van der Waals surface area contributed by atoms with Crippen LogP contribution in [-0.2, 0) is 16.0 Å². The van der Waals surface area contributed by atoms with Crippen LogP contribution in [0.2, 0.25) is 0 Å². The van der Waals surface area contributed by atoms with Crippen LogP contribution in [0, 0.1) is 5.92 Å². The van der Waals surface area contributed by atoms with E-state index in [1.165, 1.54) is 25.8 Å². The van der Waals surface area contributed by atoms with Gasteiger partial charge in [-0.25, -0.2) is 0 Å². The Hall–Kier alpha value is -2.08. The molecule has 2 N–H and O–H groups in total. The van der Waals surface area contributed by atoms with Crippen LogP contribution in [0.25, 0.3) is 0 Å². The molecule has 2 heterocycles. The summed E-state index contributed by atoms with van der Waals surface area (Å²) in [6.07, 6.45) is 5.07. The van der Waals surface area contributed by atoms with Crippen molar-refractivity contribution in [2.75, 3.05) is 31.6 Å². The second-order valence-corrected chi connectivity index (χ2v) is 7.34. The van der Waals surface area contributed by atoms with Crippen molar-refractivity contribution in [2.45, 2.75) is 38.1 Å². The number of hydrogen-bond acceptors (Lipinski definition) is 4. The largest absolute Gasteiger partial charge is 0.484 e. The van der Waals surface area contributed by atoms with Crippen molar-refractivity contribution in [1.82, 2.24) is 10.2 Å². The van der Waals surface area contributed by atoms with E-state index < -0.39 is 0 Å². The smallest absolute Gasteiger partial charge is 0.257 e. The molecule has 0 radical (unpaired) electrons.